The van der Waals surface area contributed by atoms with Crippen molar-refractivity contribution in [2.24, 2.45) is 0 Å². The highest BCUT2D eigenvalue weighted by Gasteiger charge is 2.35. The van der Waals surface area contributed by atoms with Gasteiger partial charge in [0.2, 0.25) is 0 Å². The topological polar surface area (TPSA) is 0 Å². The standard InChI is InChI=1S/C14H19Br/c1-3-11-4-6-12(7-5-11)14(2)9-8-13(15)10-14/h4-7,13H,3,8-10H2,1-2H3. The molecule has 0 radical (unpaired) electrons. The summed E-state index contributed by atoms with van der Waals surface area (Å²) < 4.78 is 0. The fraction of sp³-hybridized carbons (Fsp3) is 0.571. The summed E-state index contributed by atoms with van der Waals surface area (Å²) in [6.07, 6.45) is 5.04. The summed E-state index contributed by atoms with van der Waals surface area (Å²) in [5.74, 6) is 0. The van der Waals surface area contributed by atoms with Crippen LogP contribution in [0.25, 0.3) is 0 Å². The van der Waals surface area contributed by atoms with Crippen LogP contribution >= 0.6 is 15.9 Å². The van der Waals surface area contributed by atoms with Crippen LogP contribution in [-0.2, 0) is 11.8 Å². The second kappa shape index (κ2) is 4.29. The van der Waals surface area contributed by atoms with E-state index < -0.39 is 0 Å². The fourth-order valence-corrected chi connectivity index (χ4v) is 3.52. The average molecular weight is 267 g/mol. The van der Waals surface area contributed by atoms with E-state index >= 15 is 0 Å². The van der Waals surface area contributed by atoms with Crippen molar-refractivity contribution in [3.05, 3.63) is 35.4 Å². The van der Waals surface area contributed by atoms with Crippen LogP contribution in [0.4, 0.5) is 0 Å². The molecule has 0 N–H and O–H groups in total. The van der Waals surface area contributed by atoms with Crippen LogP contribution < -0.4 is 0 Å². The van der Waals surface area contributed by atoms with E-state index in [9.17, 15) is 0 Å². The van der Waals surface area contributed by atoms with Crippen molar-refractivity contribution in [3.8, 4) is 0 Å². The highest BCUT2D eigenvalue weighted by atomic mass is 79.9. The minimum atomic E-state index is 0.403. The van der Waals surface area contributed by atoms with Gasteiger partial charge in [0.1, 0.15) is 0 Å². The second-order valence-corrected chi connectivity index (χ2v) is 6.25. The normalized spacial score (nSPS) is 30.7. The van der Waals surface area contributed by atoms with Crippen LogP contribution in [0.15, 0.2) is 24.3 Å². The van der Waals surface area contributed by atoms with Crippen molar-refractivity contribution < 1.29 is 0 Å². The Hall–Kier alpha value is -0.300. The molecule has 0 amide bonds. The Balaban J connectivity index is 2.22. The maximum Gasteiger partial charge on any atom is 0.0154 e. The largest absolute Gasteiger partial charge is 0.0890 e. The van der Waals surface area contributed by atoms with Crippen LogP contribution in [0.5, 0.6) is 0 Å². The summed E-state index contributed by atoms with van der Waals surface area (Å²) in [6, 6.07) is 9.21. The molecule has 1 saturated carbocycles. The molecule has 0 spiro atoms. The molecule has 1 aromatic carbocycles. The third kappa shape index (κ3) is 2.28. The highest BCUT2D eigenvalue weighted by Crippen LogP contribution is 2.43. The highest BCUT2D eigenvalue weighted by molar-refractivity contribution is 9.09. The van der Waals surface area contributed by atoms with Gasteiger partial charge in [0.05, 0.1) is 0 Å². The van der Waals surface area contributed by atoms with E-state index in [1.165, 1.54) is 30.4 Å². The Morgan fingerprint density at radius 2 is 2.00 bits per heavy atom. The molecule has 1 aliphatic rings. The Morgan fingerprint density at radius 3 is 2.47 bits per heavy atom. The molecule has 1 aliphatic carbocycles. The Morgan fingerprint density at radius 1 is 1.33 bits per heavy atom. The number of alkyl halides is 1. The maximum absolute atomic E-state index is 3.74. The van der Waals surface area contributed by atoms with Gasteiger partial charge in [0.25, 0.3) is 0 Å². The molecule has 2 rings (SSSR count). The molecule has 2 atom stereocenters. The number of halogens is 1. The molecule has 82 valence electrons. The summed E-state index contributed by atoms with van der Waals surface area (Å²) in [6.45, 7) is 4.61. The first-order valence-electron chi connectivity index (χ1n) is 5.87. The molecule has 15 heavy (non-hydrogen) atoms. The predicted octanol–water partition coefficient (Wildman–Crippen LogP) is 4.45. The molecular formula is C14H19Br. The van der Waals surface area contributed by atoms with E-state index in [2.05, 4.69) is 54.0 Å². The molecule has 0 heterocycles. The van der Waals surface area contributed by atoms with Crippen molar-refractivity contribution in [3.63, 3.8) is 0 Å². The van der Waals surface area contributed by atoms with Crippen molar-refractivity contribution in [1.82, 2.24) is 0 Å². The zero-order valence-electron chi connectivity index (χ0n) is 9.59. The van der Waals surface area contributed by atoms with Crippen LogP contribution in [0.1, 0.15) is 44.2 Å². The SMILES string of the molecule is CCc1ccc(C2(C)CCC(Br)C2)cc1. The average Bonchev–Trinajstić information content (AvgIpc) is 2.60. The fourth-order valence-electron chi connectivity index (χ4n) is 2.57. The molecule has 1 heteroatoms. The lowest BCUT2D eigenvalue weighted by Crippen LogP contribution is -2.17. The first-order valence-corrected chi connectivity index (χ1v) is 6.79. The lowest BCUT2D eigenvalue weighted by Gasteiger charge is -2.24. The van der Waals surface area contributed by atoms with E-state index in [0.717, 1.165) is 6.42 Å². The monoisotopic (exact) mass is 266 g/mol. The summed E-state index contributed by atoms with van der Waals surface area (Å²) in [5, 5.41) is 0. The van der Waals surface area contributed by atoms with Gasteiger partial charge in [-0.2, -0.15) is 0 Å². The van der Waals surface area contributed by atoms with Gasteiger partial charge >= 0.3 is 0 Å². The molecule has 0 saturated heterocycles. The van der Waals surface area contributed by atoms with Crippen LogP contribution in [0, 0.1) is 0 Å². The molecule has 1 fully saturated rings. The van der Waals surface area contributed by atoms with Crippen molar-refractivity contribution in [1.29, 1.82) is 0 Å². The molecule has 0 aromatic heterocycles. The van der Waals surface area contributed by atoms with Crippen molar-refractivity contribution in [2.75, 3.05) is 0 Å². The maximum atomic E-state index is 3.74. The van der Waals surface area contributed by atoms with E-state index in [4.69, 9.17) is 0 Å². The lowest BCUT2D eigenvalue weighted by molar-refractivity contribution is 0.493. The first-order chi connectivity index (χ1) is 7.14. The quantitative estimate of drug-likeness (QED) is 0.694. The van der Waals surface area contributed by atoms with E-state index in [1.807, 2.05) is 0 Å². The lowest BCUT2D eigenvalue weighted by atomic mass is 9.81. The number of hydrogen-bond donors (Lipinski definition) is 0. The van der Waals surface area contributed by atoms with Gasteiger partial charge in [-0.3, -0.25) is 0 Å². The minimum Gasteiger partial charge on any atom is -0.0890 e. The summed E-state index contributed by atoms with van der Waals surface area (Å²) in [7, 11) is 0. The third-order valence-electron chi connectivity index (χ3n) is 3.74. The van der Waals surface area contributed by atoms with E-state index in [0.29, 0.717) is 10.2 Å². The zero-order chi connectivity index (χ0) is 10.9. The van der Waals surface area contributed by atoms with Gasteiger partial charge in [-0.25, -0.2) is 0 Å². The summed E-state index contributed by atoms with van der Waals surface area (Å²) >= 11 is 3.74. The number of hydrogen-bond acceptors (Lipinski definition) is 0. The summed E-state index contributed by atoms with van der Waals surface area (Å²) in [4.78, 5) is 0.716. The minimum absolute atomic E-state index is 0.403. The molecule has 0 nitrogen and oxygen atoms in total. The van der Waals surface area contributed by atoms with Gasteiger partial charge in [-0.1, -0.05) is 54.0 Å². The van der Waals surface area contributed by atoms with Gasteiger partial charge in [-0.05, 0) is 42.2 Å². The van der Waals surface area contributed by atoms with Gasteiger partial charge in [-0.15, -0.1) is 0 Å². The van der Waals surface area contributed by atoms with Gasteiger partial charge in [0.15, 0.2) is 0 Å². The smallest absolute Gasteiger partial charge is 0.0154 e. The van der Waals surface area contributed by atoms with Crippen molar-refractivity contribution >= 4 is 15.9 Å². The van der Waals surface area contributed by atoms with Crippen molar-refractivity contribution in [2.45, 2.75) is 49.8 Å². The van der Waals surface area contributed by atoms with E-state index in [-0.39, 0.29) is 0 Å². The predicted molar refractivity (Wildman–Crippen MR) is 69.7 cm³/mol. The van der Waals surface area contributed by atoms with Gasteiger partial charge < -0.3 is 0 Å². The molecule has 0 bridgehead atoms. The Labute approximate surface area is 101 Å². The van der Waals surface area contributed by atoms with Crippen LogP contribution in [0.2, 0.25) is 0 Å². The van der Waals surface area contributed by atoms with Crippen LogP contribution in [-0.4, -0.2) is 4.83 Å². The molecule has 0 aliphatic heterocycles. The Bertz CT molecular complexity index is 328. The van der Waals surface area contributed by atoms with Gasteiger partial charge in [0, 0.05) is 4.83 Å². The number of aryl methyl sites for hydroxylation is 1. The Kier molecular flexibility index (Phi) is 3.20. The molecule has 1 aromatic rings. The number of benzene rings is 1. The third-order valence-corrected chi connectivity index (χ3v) is 4.52. The molecular weight excluding hydrogens is 248 g/mol. The summed E-state index contributed by atoms with van der Waals surface area (Å²) in [5.41, 5.74) is 3.36. The molecule has 2 unspecified atom stereocenters. The van der Waals surface area contributed by atoms with Crippen LogP contribution in [0.3, 0.4) is 0 Å². The number of rotatable bonds is 2. The van der Waals surface area contributed by atoms with E-state index in [1.54, 1.807) is 0 Å². The second-order valence-electron chi connectivity index (χ2n) is 4.95. The zero-order valence-corrected chi connectivity index (χ0v) is 11.2. The first kappa shape index (κ1) is 11.2.